The lowest BCUT2D eigenvalue weighted by molar-refractivity contribution is 0.633. The highest BCUT2D eigenvalue weighted by molar-refractivity contribution is 5.15. The van der Waals surface area contributed by atoms with Crippen molar-refractivity contribution in [3.8, 4) is 0 Å². The van der Waals surface area contributed by atoms with Crippen LogP contribution in [-0.2, 0) is 19.4 Å². The summed E-state index contributed by atoms with van der Waals surface area (Å²) < 4.78 is 2.14. The molecule has 0 aliphatic heterocycles. The molecule has 0 atom stereocenters. The number of hydrogen-bond donors (Lipinski definition) is 0. The van der Waals surface area contributed by atoms with E-state index in [9.17, 15) is 0 Å². The van der Waals surface area contributed by atoms with E-state index in [-0.39, 0.29) is 0 Å². The third-order valence-corrected chi connectivity index (χ3v) is 2.64. The highest BCUT2D eigenvalue weighted by atomic mass is 15.3. The van der Waals surface area contributed by atoms with Crippen LogP contribution < -0.4 is 0 Å². The van der Waals surface area contributed by atoms with Gasteiger partial charge in [-0.2, -0.15) is 0 Å². The Hall–Kier alpha value is -1.64. The number of rotatable bonds is 5. The number of benzene rings is 1. The largest absolute Gasteiger partial charge is 0.318 e. The van der Waals surface area contributed by atoms with Crippen LogP contribution in [0.5, 0.6) is 0 Å². The molecule has 0 bridgehead atoms. The van der Waals surface area contributed by atoms with E-state index < -0.39 is 0 Å². The molecule has 0 aliphatic rings. The Kier molecular flexibility index (Phi) is 3.70. The van der Waals surface area contributed by atoms with Crippen LogP contribution in [-0.4, -0.2) is 14.8 Å². The molecule has 0 aliphatic carbocycles. The van der Waals surface area contributed by atoms with Crippen LogP contribution in [0.25, 0.3) is 0 Å². The van der Waals surface area contributed by atoms with Gasteiger partial charge in [0.25, 0.3) is 0 Å². The van der Waals surface area contributed by atoms with Crippen molar-refractivity contribution in [1.29, 1.82) is 0 Å². The second-order valence-electron chi connectivity index (χ2n) is 3.93. The first-order valence-corrected chi connectivity index (χ1v) is 5.80. The molecule has 0 saturated heterocycles. The fourth-order valence-corrected chi connectivity index (χ4v) is 1.80. The second kappa shape index (κ2) is 5.45. The van der Waals surface area contributed by atoms with Crippen molar-refractivity contribution >= 4 is 0 Å². The van der Waals surface area contributed by atoms with Crippen molar-refractivity contribution < 1.29 is 0 Å². The Morgan fingerprint density at radius 2 is 1.94 bits per heavy atom. The van der Waals surface area contributed by atoms with Crippen molar-refractivity contribution in [2.45, 2.75) is 32.7 Å². The molecule has 1 aromatic carbocycles. The Morgan fingerprint density at radius 3 is 2.69 bits per heavy atom. The van der Waals surface area contributed by atoms with Gasteiger partial charge >= 0.3 is 0 Å². The van der Waals surface area contributed by atoms with Crippen LogP contribution in [0.4, 0.5) is 0 Å². The Balaban J connectivity index is 1.97. The monoisotopic (exact) mass is 215 g/mol. The van der Waals surface area contributed by atoms with Crippen molar-refractivity contribution in [3.05, 3.63) is 48.0 Å². The molecule has 2 aromatic rings. The van der Waals surface area contributed by atoms with Gasteiger partial charge in [-0.3, -0.25) is 0 Å². The molecule has 0 spiro atoms. The van der Waals surface area contributed by atoms with Gasteiger partial charge in [-0.15, -0.1) is 10.2 Å². The molecule has 0 N–H and O–H groups in total. The Labute approximate surface area is 96.1 Å². The molecule has 2 rings (SSSR count). The van der Waals surface area contributed by atoms with E-state index in [1.54, 1.807) is 0 Å². The molecule has 3 heteroatoms. The van der Waals surface area contributed by atoms with Crippen molar-refractivity contribution in [1.82, 2.24) is 14.8 Å². The summed E-state index contributed by atoms with van der Waals surface area (Å²) in [4.78, 5) is 0. The van der Waals surface area contributed by atoms with E-state index in [1.165, 1.54) is 5.56 Å². The highest BCUT2D eigenvalue weighted by Gasteiger charge is 2.03. The van der Waals surface area contributed by atoms with Gasteiger partial charge in [-0.1, -0.05) is 37.3 Å². The molecular weight excluding hydrogens is 198 g/mol. The Bertz CT molecular complexity index is 420. The standard InChI is InChI=1S/C13H17N3/c1-2-10-16-11-14-15-13(16)9-8-12-6-4-3-5-7-12/h3-7,11H,2,8-10H2,1H3. The topological polar surface area (TPSA) is 30.7 Å². The van der Waals surface area contributed by atoms with Gasteiger partial charge in [-0.25, -0.2) is 0 Å². The van der Waals surface area contributed by atoms with Crippen molar-refractivity contribution in [2.24, 2.45) is 0 Å². The van der Waals surface area contributed by atoms with Gasteiger partial charge in [0.15, 0.2) is 0 Å². The van der Waals surface area contributed by atoms with E-state index >= 15 is 0 Å². The SMILES string of the molecule is CCCn1cnnc1CCc1ccccc1. The predicted octanol–water partition coefficient (Wildman–Crippen LogP) is 2.47. The molecular formula is C13H17N3. The molecule has 84 valence electrons. The van der Waals surface area contributed by atoms with Crippen molar-refractivity contribution in [2.75, 3.05) is 0 Å². The summed E-state index contributed by atoms with van der Waals surface area (Å²) in [5, 5.41) is 8.13. The smallest absolute Gasteiger partial charge is 0.133 e. The average Bonchev–Trinajstić information content (AvgIpc) is 2.76. The van der Waals surface area contributed by atoms with Gasteiger partial charge < -0.3 is 4.57 Å². The quantitative estimate of drug-likeness (QED) is 0.767. The van der Waals surface area contributed by atoms with Gasteiger partial charge in [0, 0.05) is 13.0 Å². The first kappa shape index (κ1) is 10.9. The molecule has 3 nitrogen and oxygen atoms in total. The van der Waals surface area contributed by atoms with Gasteiger partial charge in [0.1, 0.15) is 12.2 Å². The second-order valence-corrected chi connectivity index (χ2v) is 3.93. The van der Waals surface area contributed by atoms with E-state index in [0.29, 0.717) is 0 Å². The van der Waals surface area contributed by atoms with Crippen LogP contribution in [0.3, 0.4) is 0 Å². The number of nitrogens with zero attached hydrogens (tertiary/aromatic N) is 3. The van der Waals surface area contributed by atoms with Crippen LogP contribution in [0.2, 0.25) is 0 Å². The zero-order chi connectivity index (χ0) is 11.2. The third kappa shape index (κ3) is 2.69. The lowest BCUT2D eigenvalue weighted by atomic mass is 10.1. The van der Waals surface area contributed by atoms with Crippen molar-refractivity contribution in [3.63, 3.8) is 0 Å². The molecule has 16 heavy (non-hydrogen) atoms. The molecule has 0 unspecified atom stereocenters. The number of hydrogen-bond acceptors (Lipinski definition) is 2. The average molecular weight is 215 g/mol. The fourth-order valence-electron chi connectivity index (χ4n) is 1.80. The summed E-state index contributed by atoms with van der Waals surface area (Å²) >= 11 is 0. The zero-order valence-corrected chi connectivity index (χ0v) is 9.63. The summed E-state index contributed by atoms with van der Waals surface area (Å²) in [5.74, 6) is 1.09. The van der Waals surface area contributed by atoms with Crippen LogP contribution in [0.1, 0.15) is 24.7 Å². The summed E-state index contributed by atoms with van der Waals surface area (Å²) in [7, 11) is 0. The molecule has 0 amide bonds. The third-order valence-electron chi connectivity index (χ3n) is 2.64. The molecule has 0 saturated carbocycles. The summed E-state index contributed by atoms with van der Waals surface area (Å²) in [6, 6.07) is 10.5. The molecule has 1 heterocycles. The van der Waals surface area contributed by atoms with E-state index in [4.69, 9.17) is 0 Å². The normalized spacial score (nSPS) is 10.6. The maximum absolute atomic E-state index is 4.16. The molecule has 0 radical (unpaired) electrons. The lowest BCUT2D eigenvalue weighted by Gasteiger charge is -2.04. The summed E-state index contributed by atoms with van der Waals surface area (Å²) in [6.45, 7) is 3.18. The molecule has 1 aromatic heterocycles. The minimum atomic E-state index is 0.962. The first-order valence-electron chi connectivity index (χ1n) is 5.80. The van der Waals surface area contributed by atoms with E-state index in [2.05, 4.69) is 46.0 Å². The maximum atomic E-state index is 4.16. The van der Waals surface area contributed by atoms with Crippen LogP contribution in [0, 0.1) is 0 Å². The van der Waals surface area contributed by atoms with Gasteiger partial charge in [0.05, 0.1) is 0 Å². The number of aromatic nitrogens is 3. The maximum Gasteiger partial charge on any atom is 0.133 e. The van der Waals surface area contributed by atoms with E-state index in [1.807, 2.05) is 12.4 Å². The minimum Gasteiger partial charge on any atom is -0.318 e. The van der Waals surface area contributed by atoms with Gasteiger partial charge in [0.2, 0.25) is 0 Å². The summed E-state index contributed by atoms with van der Waals surface area (Å²) in [5.41, 5.74) is 1.36. The predicted molar refractivity (Wildman–Crippen MR) is 64.2 cm³/mol. The highest BCUT2D eigenvalue weighted by Crippen LogP contribution is 2.05. The summed E-state index contributed by atoms with van der Waals surface area (Å²) in [6.07, 6.45) is 4.94. The minimum absolute atomic E-state index is 0.962. The number of aryl methyl sites for hydroxylation is 3. The fraction of sp³-hybridized carbons (Fsp3) is 0.385. The lowest BCUT2D eigenvalue weighted by Crippen LogP contribution is -2.04. The van der Waals surface area contributed by atoms with Crippen LogP contribution >= 0.6 is 0 Å². The van der Waals surface area contributed by atoms with E-state index in [0.717, 1.165) is 31.6 Å². The Morgan fingerprint density at radius 1 is 1.12 bits per heavy atom. The zero-order valence-electron chi connectivity index (χ0n) is 9.63. The van der Waals surface area contributed by atoms with Crippen LogP contribution in [0.15, 0.2) is 36.7 Å². The molecule has 0 fully saturated rings. The first-order chi connectivity index (χ1) is 7.90. The van der Waals surface area contributed by atoms with Gasteiger partial charge in [-0.05, 0) is 18.4 Å².